The van der Waals surface area contributed by atoms with Crippen LogP contribution in [0.1, 0.15) is 23.6 Å². The zero-order valence-corrected chi connectivity index (χ0v) is 12.6. The van der Waals surface area contributed by atoms with Crippen LogP contribution in [0.15, 0.2) is 53.4 Å². The van der Waals surface area contributed by atoms with Gasteiger partial charge in [-0.3, -0.25) is 0 Å². The first-order valence-electron chi connectivity index (χ1n) is 6.87. The summed E-state index contributed by atoms with van der Waals surface area (Å²) in [5.41, 5.74) is 1.99. The average molecular weight is 303 g/mol. The van der Waals surface area contributed by atoms with Crippen LogP contribution in [0.3, 0.4) is 0 Å². The molecule has 0 amide bonds. The molecular weight excluding hydrogens is 286 g/mol. The van der Waals surface area contributed by atoms with Gasteiger partial charge in [0.2, 0.25) is 10.0 Å². The first kappa shape index (κ1) is 14.1. The van der Waals surface area contributed by atoms with Gasteiger partial charge in [0.1, 0.15) is 5.75 Å². The SMILES string of the molecule is Cc1ccc2c(c1)C(NS(=O)(=O)c1ccccc1)CCO2. The molecule has 1 aliphatic heterocycles. The molecule has 110 valence electrons. The molecule has 3 rings (SSSR count). The Labute approximate surface area is 124 Å². The summed E-state index contributed by atoms with van der Waals surface area (Å²) >= 11 is 0. The summed E-state index contributed by atoms with van der Waals surface area (Å²) in [7, 11) is -3.52. The Morgan fingerprint density at radius 3 is 2.67 bits per heavy atom. The lowest BCUT2D eigenvalue weighted by Crippen LogP contribution is -2.32. The second-order valence-electron chi connectivity index (χ2n) is 5.17. The Bertz CT molecular complexity index is 741. The lowest BCUT2D eigenvalue weighted by atomic mass is 10.00. The standard InChI is InChI=1S/C16H17NO3S/c1-12-7-8-16-14(11-12)15(9-10-20-16)17-21(18,19)13-5-3-2-4-6-13/h2-8,11,15,17H,9-10H2,1H3. The predicted octanol–water partition coefficient (Wildman–Crippen LogP) is 2.80. The molecule has 4 nitrogen and oxygen atoms in total. The van der Waals surface area contributed by atoms with E-state index in [2.05, 4.69) is 4.72 Å². The Hall–Kier alpha value is -1.85. The summed E-state index contributed by atoms with van der Waals surface area (Å²) in [6.45, 7) is 2.50. The van der Waals surface area contributed by atoms with Crippen molar-refractivity contribution < 1.29 is 13.2 Å². The molecule has 1 unspecified atom stereocenters. The van der Waals surface area contributed by atoms with Gasteiger partial charge in [-0.25, -0.2) is 13.1 Å². The molecule has 0 spiro atoms. The molecule has 0 saturated heterocycles. The molecule has 1 aliphatic rings. The third kappa shape index (κ3) is 2.94. The van der Waals surface area contributed by atoms with E-state index in [1.807, 2.05) is 25.1 Å². The first-order valence-corrected chi connectivity index (χ1v) is 8.35. The number of hydrogen-bond acceptors (Lipinski definition) is 3. The number of benzene rings is 2. The molecule has 1 atom stereocenters. The maximum Gasteiger partial charge on any atom is 0.241 e. The fraction of sp³-hybridized carbons (Fsp3) is 0.250. The quantitative estimate of drug-likeness (QED) is 0.948. The molecule has 0 saturated carbocycles. The Morgan fingerprint density at radius 2 is 1.90 bits per heavy atom. The second kappa shape index (κ2) is 5.50. The topological polar surface area (TPSA) is 55.4 Å². The number of hydrogen-bond donors (Lipinski definition) is 1. The zero-order valence-electron chi connectivity index (χ0n) is 11.7. The number of nitrogens with one attached hydrogen (secondary N) is 1. The third-order valence-corrected chi connectivity index (χ3v) is 5.04. The number of sulfonamides is 1. The Morgan fingerprint density at radius 1 is 1.14 bits per heavy atom. The van der Waals surface area contributed by atoms with Crippen LogP contribution in [0.4, 0.5) is 0 Å². The van der Waals surface area contributed by atoms with Crippen molar-refractivity contribution in [3.05, 3.63) is 59.7 Å². The highest BCUT2D eigenvalue weighted by atomic mass is 32.2. The minimum Gasteiger partial charge on any atom is -0.493 e. The van der Waals surface area contributed by atoms with E-state index in [-0.39, 0.29) is 10.9 Å². The first-order chi connectivity index (χ1) is 10.1. The molecule has 2 aromatic rings. The van der Waals surface area contributed by atoms with Gasteiger partial charge in [0.05, 0.1) is 17.5 Å². The summed E-state index contributed by atoms with van der Waals surface area (Å²) in [5.74, 6) is 0.757. The zero-order chi connectivity index (χ0) is 14.9. The van der Waals surface area contributed by atoms with Crippen LogP contribution in [0.2, 0.25) is 0 Å². The maximum atomic E-state index is 12.4. The second-order valence-corrected chi connectivity index (χ2v) is 6.88. The van der Waals surface area contributed by atoms with Gasteiger partial charge in [0, 0.05) is 12.0 Å². The predicted molar refractivity (Wildman–Crippen MR) is 80.8 cm³/mol. The van der Waals surface area contributed by atoms with Gasteiger partial charge in [-0.2, -0.15) is 0 Å². The lowest BCUT2D eigenvalue weighted by Gasteiger charge is -2.27. The van der Waals surface area contributed by atoms with E-state index in [9.17, 15) is 8.42 Å². The monoisotopic (exact) mass is 303 g/mol. The molecule has 0 bridgehead atoms. The number of aryl methyl sites for hydroxylation is 1. The Balaban J connectivity index is 1.92. The number of ether oxygens (including phenoxy) is 1. The largest absolute Gasteiger partial charge is 0.493 e. The van der Waals surface area contributed by atoms with Gasteiger partial charge < -0.3 is 4.74 Å². The normalized spacial score (nSPS) is 17.9. The van der Waals surface area contributed by atoms with Crippen LogP contribution < -0.4 is 9.46 Å². The molecule has 0 fully saturated rings. The number of rotatable bonds is 3. The minimum atomic E-state index is -3.52. The molecule has 21 heavy (non-hydrogen) atoms. The fourth-order valence-electron chi connectivity index (χ4n) is 2.49. The maximum absolute atomic E-state index is 12.4. The molecule has 2 aromatic carbocycles. The van der Waals surface area contributed by atoms with Crippen molar-refractivity contribution in [3.8, 4) is 5.75 Å². The van der Waals surface area contributed by atoms with Gasteiger partial charge >= 0.3 is 0 Å². The van der Waals surface area contributed by atoms with Crippen molar-refractivity contribution in [3.63, 3.8) is 0 Å². The van der Waals surface area contributed by atoms with Crippen LogP contribution in [-0.2, 0) is 10.0 Å². The van der Waals surface area contributed by atoms with Gasteiger partial charge in [0.25, 0.3) is 0 Å². The molecule has 0 aliphatic carbocycles. The molecular formula is C16H17NO3S. The van der Waals surface area contributed by atoms with Crippen molar-refractivity contribution in [2.75, 3.05) is 6.61 Å². The Kier molecular flexibility index (Phi) is 3.69. The highest BCUT2D eigenvalue weighted by Crippen LogP contribution is 2.33. The highest BCUT2D eigenvalue weighted by Gasteiger charge is 2.26. The molecule has 5 heteroatoms. The average Bonchev–Trinajstić information content (AvgIpc) is 2.48. The smallest absolute Gasteiger partial charge is 0.241 e. The van der Waals surface area contributed by atoms with Crippen LogP contribution >= 0.6 is 0 Å². The summed E-state index contributed by atoms with van der Waals surface area (Å²) in [6.07, 6.45) is 0.627. The lowest BCUT2D eigenvalue weighted by molar-refractivity contribution is 0.263. The third-order valence-electron chi connectivity index (χ3n) is 3.56. The molecule has 1 N–H and O–H groups in total. The highest BCUT2D eigenvalue weighted by molar-refractivity contribution is 7.89. The van der Waals surface area contributed by atoms with E-state index in [1.54, 1.807) is 30.3 Å². The molecule has 1 heterocycles. The van der Waals surface area contributed by atoms with Crippen molar-refractivity contribution in [1.29, 1.82) is 0 Å². The van der Waals surface area contributed by atoms with Crippen LogP contribution in [0.5, 0.6) is 5.75 Å². The van der Waals surface area contributed by atoms with E-state index < -0.39 is 10.0 Å². The summed E-state index contributed by atoms with van der Waals surface area (Å²) in [6, 6.07) is 14.0. The summed E-state index contributed by atoms with van der Waals surface area (Å²) in [4.78, 5) is 0.283. The van der Waals surface area contributed by atoms with E-state index in [0.29, 0.717) is 13.0 Å². The van der Waals surface area contributed by atoms with Crippen LogP contribution in [0.25, 0.3) is 0 Å². The van der Waals surface area contributed by atoms with Crippen molar-refractivity contribution in [2.45, 2.75) is 24.3 Å². The van der Waals surface area contributed by atoms with E-state index in [0.717, 1.165) is 16.9 Å². The van der Waals surface area contributed by atoms with Crippen LogP contribution in [0, 0.1) is 6.92 Å². The summed E-state index contributed by atoms with van der Waals surface area (Å²) in [5, 5.41) is 0. The van der Waals surface area contributed by atoms with Crippen molar-refractivity contribution >= 4 is 10.0 Å². The van der Waals surface area contributed by atoms with Crippen LogP contribution in [-0.4, -0.2) is 15.0 Å². The van der Waals surface area contributed by atoms with Crippen molar-refractivity contribution in [2.24, 2.45) is 0 Å². The molecule has 0 radical (unpaired) electrons. The number of fused-ring (bicyclic) bond motifs is 1. The van der Waals surface area contributed by atoms with Gasteiger partial charge in [-0.1, -0.05) is 35.9 Å². The van der Waals surface area contributed by atoms with E-state index >= 15 is 0 Å². The molecule has 0 aromatic heterocycles. The summed E-state index contributed by atoms with van der Waals surface area (Å²) < 4.78 is 33.3. The van der Waals surface area contributed by atoms with Gasteiger partial charge in [-0.05, 0) is 25.1 Å². The minimum absolute atomic E-state index is 0.251. The van der Waals surface area contributed by atoms with Gasteiger partial charge in [-0.15, -0.1) is 0 Å². The van der Waals surface area contributed by atoms with Gasteiger partial charge in [0.15, 0.2) is 0 Å². The van der Waals surface area contributed by atoms with E-state index in [1.165, 1.54) is 0 Å². The fourth-order valence-corrected chi connectivity index (χ4v) is 3.76. The van der Waals surface area contributed by atoms with Crippen molar-refractivity contribution in [1.82, 2.24) is 4.72 Å². The van der Waals surface area contributed by atoms with E-state index in [4.69, 9.17) is 4.74 Å².